The number of aliphatic imine (C=N–C) groups is 1. The molecule has 10 heavy (non-hydrogen) atoms. The van der Waals surface area contributed by atoms with Crippen LogP contribution in [0.5, 0.6) is 0 Å². The smallest absolute Gasteiger partial charge is 0.0368 e. The van der Waals surface area contributed by atoms with E-state index in [1.54, 1.807) is 6.20 Å². The first kappa shape index (κ1) is 7.04. The van der Waals surface area contributed by atoms with Crippen molar-refractivity contribution < 1.29 is 0 Å². The molecule has 0 radical (unpaired) electrons. The van der Waals surface area contributed by atoms with E-state index < -0.39 is 0 Å². The molecule has 0 fully saturated rings. The third-order valence-corrected chi connectivity index (χ3v) is 1.42. The van der Waals surface area contributed by atoms with Gasteiger partial charge in [-0.15, -0.1) is 0 Å². The lowest BCUT2D eigenvalue weighted by molar-refractivity contribution is 0.793. The molecule has 1 heterocycles. The van der Waals surface area contributed by atoms with Crippen LogP contribution >= 0.6 is 0 Å². The highest BCUT2D eigenvalue weighted by molar-refractivity contribution is 5.59. The molecule has 1 heteroatoms. The molecular weight excluding hydrogens is 122 g/mol. The lowest BCUT2D eigenvalue weighted by Crippen LogP contribution is -1.88. The molecule has 0 aliphatic carbocycles. The molecule has 0 N–H and O–H groups in total. The summed E-state index contributed by atoms with van der Waals surface area (Å²) >= 11 is 0. The summed E-state index contributed by atoms with van der Waals surface area (Å²) in [5.41, 5.74) is 1.28. The molecule has 0 saturated heterocycles. The van der Waals surface area contributed by atoms with E-state index in [2.05, 4.69) is 30.8 Å². The van der Waals surface area contributed by atoms with Crippen LogP contribution in [0.4, 0.5) is 0 Å². The molecule has 0 amide bonds. The van der Waals surface area contributed by atoms with E-state index >= 15 is 0 Å². The standard InChI is InChI=1S/C9H11N/c1-8(2)9-4-3-6-10-7-5-9/h3-6,8H,1-2H3. The molecule has 1 rings (SSSR count). The summed E-state index contributed by atoms with van der Waals surface area (Å²) in [5, 5.41) is 0. The first-order valence-electron chi connectivity index (χ1n) is 3.46. The molecule has 52 valence electrons. The van der Waals surface area contributed by atoms with E-state index in [1.807, 2.05) is 12.2 Å². The predicted molar refractivity (Wildman–Crippen MR) is 44.1 cm³/mol. The Morgan fingerprint density at radius 3 is 3.00 bits per heavy atom. The van der Waals surface area contributed by atoms with Gasteiger partial charge in [-0.1, -0.05) is 19.9 Å². The Bertz CT molecular complexity index is 225. The largest absolute Gasteiger partial charge is 0.214 e. The van der Waals surface area contributed by atoms with Crippen LogP contribution in [0.2, 0.25) is 0 Å². The number of hydrogen-bond donors (Lipinski definition) is 0. The van der Waals surface area contributed by atoms with Crippen molar-refractivity contribution in [3.8, 4) is 0 Å². The van der Waals surface area contributed by atoms with Crippen LogP contribution in [0.3, 0.4) is 0 Å². The summed E-state index contributed by atoms with van der Waals surface area (Å²) in [5.74, 6) is 3.38. The van der Waals surface area contributed by atoms with Crippen LogP contribution in [-0.4, -0.2) is 5.87 Å². The van der Waals surface area contributed by atoms with Crippen molar-refractivity contribution in [2.75, 3.05) is 0 Å². The normalized spacial score (nSPS) is 15.7. The lowest BCUT2D eigenvalue weighted by atomic mass is 10.0. The average molecular weight is 133 g/mol. The summed E-state index contributed by atoms with van der Waals surface area (Å²) in [7, 11) is 0. The minimum atomic E-state index is 0.561. The zero-order chi connectivity index (χ0) is 7.40. The maximum absolute atomic E-state index is 3.87. The molecule has 1 aliphatic rings. The molecular formula is C9H11N. The number of allylic oxidation sites excluding steroid dienone is 4. The van der Waals surface area contributed by atoms with Crippen molar-refractivity contribution in [2.45, 2.75) is 13.8 Å². The van der Waals surface area contributed by atoms with E-state index in [1.165, 1.54) is 5.57 Å². The minimum absolute atomic E-state index is 0.561. The van der Waals surface area contributed by atoms with Gasteiger partial charge in [0.2, 0.25) is 0 Å². The molecule has 0 atom stereocenters. The van der Waals surface area contributed by atoms with Crippen LogP contribution in [0.15, 0.2) is 35.0 Å². The van der Waals surface area contributed by atoms with Crippen LogP contribution in [0.1, 0.15) is 13.8 Å². The Kier molecular flexibility index (Phi) is 2.24. The number of nitrogens with zero attached hydrogens (tertiary/aromatic N) is 1. The van der Waals surface area contributed by atoms with Gasteiger partial charge < -0.3 is 0 Å². The fraction of sp³-hybridized carbons (Fsp3) is 0.333. The maximum atomic E-state index is 3.87. The Morgan fingerprint density at radius 2 is 2.30 bits per heavy atom. The Morgan fingerprint density at radius 1 is 1.50 bits per heavy atom. The topological polar surface area (TPSA) is 12.4 Å². The van der Waals surface area contributed by atoms with Gasteiger partial charge >= 0.3 is 0 Å². The van der Waals surface area contributed by atoms with E-state index in [-0.39, 0.29) is 0 Å². The monoisotopic (exact) mass is 133 g/mol. The van der Waals surface area contributed by atoms with Crippen molar-refractivity contribution in [3.63, 3.8) is 0 Å². The summed E-state index contributed by atoms with van der Waals surface area (Å²) in [6.45, 7) is 4.31. The second kappa shape index (κ2) is 3.19. The third-order valence-electron chi connectivity index (χ3n) is 1.42. The second-order valence-electron chi connectivity index (χ2n) is 2.57. The van der Waals surface area contributed by atoms with Gasteiger partial charge in [-0.05, 0) is 23.4 Å². The van der Waals surface area contributed by atoms with E-state index in [4.69, 9.17) is 0 Å². The highest BCUT2D eigenvalue weighted by Gasteiger charge is 1.96. The van der Waals surface area contributed by atoms with Gasteiger partial charge in [-0.2, -0.15) is 0 Å². The molecule has 0 unspecified atom stereocenters. The first-order chi connectivity index (χ1) is 4.80. The molecule has 1 nitrogen and oxygen atoms in total. The van der Waals surface area contributed by atoms with Gasteiger partial charge in [0.25, 0.3) is 0 Å². The Hall–Kier alpha value is -1.07. The van der Waals surface area contributed by atoms with E-state index in [9.17, 15) is 0 Å². The van der Waals surface area contributed by atoms with Crippen LogP contribution in [0.25, 0.3) is 0 Å². The first-order valence-corrected chi connectivity index (χ1v) is 3.46. The van der Waals surface area contributed by atoms with E-state index in [0.717, 1.165) is 0 Å². The van der Waals surface area contributed by atoms with Crippen molar-refractivity contribution in [2.24, 2.45) is 10.9 Å². The zero-order valence-electron chi connectivity index (χ0n) is 6.33. The lowest BCUT2D eigenvalue weighted by Gasteiger charge is -2.01. The summed E-state index contributed by atoms with van der Waals surface area (Å²) in [4.78, 5) is 3.87. The van der Waals surface area contributed by atoms with Crippen LogP contribution in [-0.2, 0) is 0 Å². The maximum Gasteiger partial charge on any atom is 0.0368 e. The molecule has 0 aromatic heterocycles. The fourth-order valence-electron chi connectivity index (χ4n) is 0.759. The molecule has 0 saturated carbocycles. The van der Waals surface area contributed by atoms with Gasteiger partial charge in [-0.25, -0.2) is 4.99 Å². The Balaban J connectivity index is 2.86. The van der Waals surface area contributed by atoms with Gasteiger partial charge in [0, 0.05) is 12.3 Å². The fourth-order valence-corrected chi connectivity index (χ4v) is 0.759. The van der Waals surface area contributed by atoms with E-state index in [0.29, 0.717) is 5.92 Å². The number of hydrogen-bond acceptors (Lipinski definition) is 1. The summed E-state index contributed by atoms with van der Waals surface area (Å²) in [6.07, 6.45) is 7.66. The minimum Gasteiger partial charge on any atom is -0.214 e. The van der Waals surface area contributed by atoms with Gasteiger partial charge in [-0.3, -0.25) is 0 Å². The molecule has 0 bridgehead atoms. The highest BCUT2D eigenvalue weighted by atomic mass is 14.6. The van der Waals surface area contributed by atoms with Crippen molar-refractivity contribution in [3.05, 3.63) is 30.0 Å². The van der Waals surface area contributed by atoms with Gasteiger partial charge in [0.1, 0.15) is 0 Å². The van der Waals surface area contributed by atoms with Gasteiger partial charge in [0.15, 0.2) is 0 Å². The second-order valence-corrected chi connectivity index (χ2v) is 2.57. The quantitative estimate of drug-likeness (QED) is 0.520. The van der Waals surface area contributed by atoms with Crippen molar-refractivity contribution >= 4 is 5.87 Å². The van der Waals surface area contributed by atoms with Crippen molar-refractivity contribution in [1.29, 1.82) is 0 Å². The molecule has 0 spiro atoms. The summed E-state index contributed by atoms with van der Waals surface area (Å²) in [6, 6.07) is 0. The highest BCUT2D eigenvalue weighted by Crippen LogP contribution is 2.10. The number of rotatable bonds is 1. The average Bonchev–Trinajstić information content (AvgIpc) is 2.12. The SMILES string of the molecule is CC(C)C1=CC=CN=C=C1. The predicted octanol–water partition coefficient (Wildman–Crippen LogP) is 2.32. The third kappa shape index (κ3) is 1.71. The summed E-state index contributed by atoms with van der Waals surface area (Å²) < 4.78 is 0. The molecule has 1 aliphatic heterocycles. The molecule has 0 aromatic carbocycles. The van der Waals surface area contributed by atoms with Crippen LogP contribution < -0.4 is 0 Å². The van der Waals surface area contributed by atoms with Crippen molar-refractivity contribution in [1.82, 2.24) is 0 Å². The Labute approximate surface area is 61.5 Å². The zero-order valence-corrected chi connectivity index (χ0v) is 6.33. The van der Waals surface area contributed by atoms with Crippen LogP contribution in [0, 0.1) is 5.92 Å². The molecule has 0 aromatic rings. The van der Waals surface area contributed by atoms with Gasteiger partial charge in [0.05, 0.1) is 0 Å².